The summed E-state index contributed by atoms with van der Waals surface area (Å²) >= 11 is 9.52. The summed E-state index contributed by atoms with van der Waals surface area (Å²) in [4.78, 5) is 2.65. The summed E-state index contributed by atoms with van der Waals surface area (Å²) in [5.74, 6) is 0. The number of rotatable bonds is 5. The molecule has 0 aromatic carbocycles. The molecule has 0 saturated heterocycles. The standard InChI is InChI=1S/C15H20ClNS2/c1-15(2,3)8-9-17-14(11-5-4-10-18-11)12-6-7-13(16)19-12/h4-7,10,14,17H,8-9H2,1-3H3. The first-order valence-corrected chi connectivity index (χ1v) is 8.55. The predicted molar refractivity (Wildman–Crippen MR) is 87.6 cm³/mol. The second-order valence-electron chi connectivity index (χ2n) is 5.86. The lowest BCUT2D eigenvalue weighted by Crippen LogP contribution is -2.25. The van der Waals surface area contributed by atoms with Crippen LogP contribution in [-0.4, -0.2) is 6.54 Å². The Bertz CT molecular complexity index is 496. The summed E-state index contributed by atoms with van der Waals surface area (Å²) < 4.78 is 0.856. The Hall–Kier alpha value is -0.350. The van der Waals surface area contributed by atoms with Gasteiger partial charge in [0.05, 0.1) is 10.4 Å². The van der Waals surface area contributed by atoms with Gasteiger partial charge in [-0.2, -0.15) is 0 Å². The molecule has 19 heavy (non-hydrogen) atoms. The van der Waals surface area contributed by atoms with E-state index in [0.717, 1.165) is 17.3 Å². The van der Waals surface area contributed by atoms with Crippen LogP contribution in [0.15, 0.2) is 29.6 Å². The maximum Gasteiger partial charge on any atom is 0.0931 e. The van der Waals surface area contributed by atoms with Gasteiger partial charge in [-0.3, -0.25) is 0 Å². The van der Waals surface area contributed by atoms with Gasteiger partial charge in [0.15, 0.2) is 0 Å². The molecular weight excluding hydrogens is 294 g/mol. The summed E-state index contributed by atoms with van der Waals surface area (Å²) in [6.07, 6.45) is 1.16. The van der Waals surface area contributed by atoms with Gasteiger partial charge in [0.2, 0.25) is 0 Å². The Morgan fingerprint density at radius 3 is 2.53 bits per heavy atom. The Morgan fingerprint density at radius 1 is 1.21 bits per heavy atom. The van der Waals surface area contributed by atoms with E-state index >= 15 is 0 Å². The molecule has 1 N–H and O–H groups in total. The summed E-state index contributed by atoms with van der Waals surface area (Å²) in [5, 5.41) is 5.80. The third-order valence-electron chi connectivity index (χ3n) is 2.93. The van der Waals surface area contributed by atoms with Crippen LogP contribution in [0.5, 0.6) is 0 Å². The lowest BCUT2D eigenvalue weighted by molar-refractivity contribution is 0.362. The molecule has 2 aromatic heterocycles. The molecule has 1 atom stereocenters. The van der Waals surface area contributed by atoms with E-state index in [2.05, 4.69) is 49.7 Å². The summed E-state index contributed by atoms with van der Waals surface area (Å²) in [6.45, 7) is 7.84. The van der Waals surface area contributed by atoms with E-state index in [1.54, 1.807) is 22.7 Å². The zero-order valence-electron chi connectivity index (χ0n) is 11.6. The van der Waals surface area contributed by atoms with Gasteiger partial charge in [-0.25, -0.2) is 0 Å². The van der Waals surface area contributed by atoms with Gasteiger partial charge < -0.3 is 5.32 Å². The normalized spacial score (nSPS) is 13.7. The molecule has 0 bridgehead atoms. The first kappa shape index (κ1) is 15.0. The molecule has 0 aliphatic heterocycles. The van der Waals surface area contributed by atoms with Gasteiger partial charge in [-0.05, 0) is 42.0 Å². The van der Waals surface area contributed by atoms with Crippen molar-refractivity contribution in [2.45, 2.75) is 33.2 Å². The van der Waals surface area contributed by atoms with Crippen molar-refractivity contribution in [1.82, 2.24) is 5.32 Å². The van der Waals surface area contributed by atoms with Gasteiger partial charge in [0.25, 0.3) is 0 Å². The van der Waals surface area contributed by atoms with E-state index in [1.165, 1.54) is 9.75 Å². The Kier molecular flexibility index (Phi) is 5.07. The smallest absolute Gasteiger partial charge is 0.0931 e. The van der Waals surface area contributed by atoms with Crippen LogP contribution in [0, 0.1) is 5.41 Å². The van der Waals surface area contributed by atoms with E-state index in [9.17, 15) is 0 Å². The zero-order chi connectivity index (χ0) is 13.9. The van der Waals surface area contributed by atoms with E-state index in [4.69, 9.17) is 11.6 Å². The molecule has 0 spiro atoms. The predicted octanol–water partition coefficient (Wildman–Crippen LogP) is 5.58. The SMILES string of the molecule is CC(C)(C)CCNC(c1cccs1)c1ccc(Cl)s1. The number of thiophene rings is 2. The van der Waals surface area contributed by atoms with Crippen molar-refractivity contribution in [1.29, 1.82) is 0 Å². The molecule has 0 aliphatic carbocycles. The lowest BCUT2D eigenvalue weighted by atomic mass is 9.92. The van der Waals surface area contributed by atoms with E-state index in [1.807, 2.05) is 6.07 Å². The first-order valence-electron chi connectivity index (χ1n) is 6.48. The van der Waals surface area contributed by atoms with Crippen LogP contribution < -0.4 is 5.32 Å². The van der Waals surface area contributed by atoms with Crippen molar-refractivity contribution in [3.63, 3.8) is 0 Å². The lowest BCUT2D eigenvalue weighted by Gasteiger charge is -2.21. The monoisotopic (exact) mass is 313 g/mol. The molecule has 4 heteroatoms. The maximum absolute atomic E-state index is 6.07. The minimum absolute atomic E-state index is 0.278. The molecule has 2 heterocycles. The molecule has 0 fully saturated rings. The summed E-state index contributed by atoms with van der Waals surface area (Å²) in [6, 6.07) is 8.68. The van der Waals surface area contributed by atoms with E-state index in [0.29, 0.717) is 5.41 Å². The fourth-order valence-electron chi connectivity index (χ4n) is 1.87. The van der Waals surface area contributed by atoms with Crippen LogP contribution in [0.1, 0.15) is 43.0 Å². The van der Waals surface area contributed by atoms with Crippen molar-refractivity contribution >= 4 is 34.3 Å². The second kappa shape index (κ2) is 6.40. The number of hydrogen-bond acceptors (Lipinski definition) is 3. The molecule has 0 saturated carbocycles. The fourth-order valence-corrected chi connectivity index (χ4v) is 3.92. The molecule has 0 amide bonds. The van der Waals surface area contributed by atoms with Crippen LogP contribution in [0.25, 0.3) is 0 Å². The second-order valence-corrected chi connectivity index (χ2v) is 8.58. The van der Waals surface area contributed by atoms with Crippen molar-refractivity contribution in [3.05, 3.63) is 43.7 Å². The number of hydrogen-bond donors (Lipinski definition) is 1. The first-order chi connectivity index (χ1) is 8.96. The van der Waals surface area contributed by atoms with Crippen molar-refractivity contribution in [2.24, 2.45) is 5.41 Å². The van der Waals surface area contributed by atoms with E-state index in [-0.39, 0.29) is 6.04 Å². The highest BCUT2D eigenvalue weighted by atomic mass is 35.5. The molecule has 2 aromatic rings. The number of halogens is 1. The highest BCUT2D eigenvalue weighted by molar-refractivity contribution is 7.16. The average molecular weight is 314 g/mol. The maximum atomic E-state index is 6.07. The number of nitrogens with one attached hydrogen (secondary N) is 1. The minimum Gasteiger partial charge on any atom is -0.305 e. The Balaban J connectivity index is 2.08. The molecule has 104 valence electrons. The largest absolute Gasteiger partial charge is 0.305 e. The van der Waals surface area contributed by atoms with Crippen LogP contribution in [0.3, 0.4) is 0 Å². The summed E-state index contributed by atoms with van der Waals surface area (Å²) in [7, 11) is 0. The van der Waals surface area contributed by atoms with Gasteiger partial charge in [-0.15, -0.1) is 22.7 Å². The van der Waals surface area contributed by atoms with Crippen LogP contribution in [0.2, 0.25) is 4.34 Å². The molecular formula is C15H20ClNS2. The van der Waals surface area contributed by atoms with E-state index < -0.39 is 0 Å². The zero-order valence-corrected chi connectivity index (χ0v) is 14.0. The average Bonchev–Trinajstić information content (AvgIpc) is 2.94. The van der Waals surface area contributed by atoms with Gasteiger partial charge in [-0.1, -0.05) is 38.4 Å². The van der Waals surface area contributed by atoms with Crippen LogP contribution in [-0.2, 0) is 0 Å². The third-order valence-corrected chi connectivity index (χ3v) is 5.16. The highest BCUT2D eigenvalue weighted by Crippen LogP contribution is 2.33. The topological polar surface area (TPSA) is 12.0 Å². The van der Waals surface area contributed by atoms with Crippen molar-refractivity contribution < 1.29 is 0 Å². The molecule has 1 nitrogen and oxygen atoms in total. The molecule has 2 rings (SSSR count). The minimum atomic E-state index is 0.278. The van der Waals surface area contributed by atoms with Crippen LogP contribution >= 0.6 is 34.3 Å². The highest BCUT2D eigenvalue weighted by Gasteiger charge is 2.18. The van der Waals surface area contributed by atoms with Gasteiger partial charge in [0, 0.05) is 9.75 Å². The fraction of sp³-hybridized carbons (Fsp3) is 0.467. The Labute approximate surface area is 128 Å². The van der Waals surface area contributed by atoms with Gasteiger partial charge >= 0.3 is 0 Å². The van der Waals surface area contributed by atoms with Crippen molar-refractivity contribution in [3.8, 4) is 0 Å². The summed E-state index contributed by atoms with van der Waals surface area (Å²) in [5.41, 5.74) is 0.361. The molecule has 1 unspecified atom stereocenters. The quantitative estimate of drug-likeness (QED) is 0.760. The molecule has 0 aliphatic rings. The van der Waals surface area contributed by atoms with Gasteiger partial charge in [0.1, 0.15) is 0 Å². The van der Waals surface area contributed by atoms with Crippen LogP contribution in [0.4, 0.5) is 0 Å². The van der Waals surface area contributed by atoms with Crippen molar-refractivity contribution in [2.75, 3.05) is 6.54 Å². The Morgan fingerprint density at radius 2 is 2.00 bits per heavy atom. The molecule has 0 radical (unpaired) electrons. The third kappa shape index (κ3) is 4.60.